The Labute approximate surface area is 109 Å². The molecular weight excluding hydrogens is 224 g/mol. The molecule has 0 atom stereocenters. The van der Waals surface area contributed by atoms with E-state index < -0.39 is 0 Å². The van der Waals surface area contributed by atoms with Gasteiger partial charge in [-0.2, -0.15) is 0 Å². The van der Waals surface area contributed by atoms with Gasteiger partial charge in [-0.25, -0.2) is 9.97 Å². The van der Waals surface area contributed by atoms with E-state index in [9.17, 15) is 4.79 Å². The fourth-order valence-electron chi connectivity index (χ4n) is 2.68. The van der Waals surface area contributed by atoms with Gasteiger partial charge in [0, 0.05) is 12.1 Å². The first-order chi connectivity index (χ1) is 8.39. The molecule has 0 saturated heterocycles. The maximum absolute atomic E-state index is 11.4. The lowest BCUT2D eigenvalue weighted by Gasteiger charge is -2.33. The van der Waals surface area contributed by atoms with Gasteiger partial charge in [0.15, 0.2) is 5.78 Å². The van der Waals surface area contributed by atoms with Crippen molar-refractivity contribution in [3.05, 3.63) is 23.3 Å². The number of carbonyl (C=O) groups is 1. The second kappa shape index (κ2) is 4.79. The molecule has 0 N–H and O–H groups in total. The summed E-state index contributed by atoms with van der Waals surface area (Å²) in [5, 5.41) is 0. The quantitative estimate of drug-likeness (QED) is 0.748. The van der Waals surface area contributed by atoms with Crippen LogP contribution in [-0.4, -0.2) is 15.8 Å². The molecule has 2 rings (SSSR count). The van der Waals surface area contributed by atoms with Gasteiger partial charge in [0.1, 0.15) is 5.82 Å². The van der Waals surface area contributed by atoms with Crippen molar-refractivity contribution < 1.29 is 4.79 Å². The van der Waals surface area contributed by atoms with Gasteiger partial charge in [0.05, 0.1) is 11.3 Å². The second-order valence-electron chi connectivity index (χ2n) is 6.22. The van der Waals surface area contributed by atoms with E-state index in [1.54, 1.807) is 13.1 Å². The molecule has 1 aromatic heterocycles. The van der Waals surface area contributed by atoms with Crippen LogP contribution in [0.1, 0.15) is 74.2 Å². The molecule has 0 spiro atoms. The van der Waals surface area contributed by atoms with Gasteiger partial charge in [0.2, 0.25) is 0 Å². The minimum absolute atomic E-state index is 0.0452. The molecule has 0 aliphatic heterocycles. The van der Waals surface area contributed by atoms with Crippen molar-refractivity contribution in [1.82, 2.24) is 9.97 Å². The lowest BCUT2D eigenvalue weighted by atomic mass is 9.73. The van der Waals surface area contributed by atoms with Crippen LogP contribution in [0.5, 0.6) is 0 Å². The number of rotatable bonds is 2. The number of ketones is 1. The van der Waals surface area contributed by atoms with Crippen molar-refractivity contribution in [3.63, 3.8) is 0 Å². The van der Waals surface area contributed by atoms with E-state index in [4.69, 9.17) is 0 Å². The van der Waals surface area contributed by atoms with Crippen molar-refractivity contribution in [2.75, 3.05) is 0 Å². The molecule has 18 heavy (non-hydrogen) atoms. The average Bonchev–Trinajstić information content (AvgIpc) is 2.28. The minimum atomic E-state index is 0.0452. The molecule has 1 aromatic rings. The van der Waals surface area contributed by atoms with Crippen molar-refractivity contribution in [1.29, 1.82) is 0 Å². The van der Waals surface area contributed by atoms with E-state index >= 15 is 0 Å². The van der Waals surface area contributed by atoms with E-state index in [1.807, 2.05) is 6.92 Å². The summed E-state index contributed by atoms with van der Waals surface area (Å²) in [4.78, 5) is 20.3. The molecule has 0 amide bonds. The minimum Gasteiger partial charge on any atom is -0.294 e. The molecule has 98 valence electrons. The van der Waals surface area contributed by atoms with Gasteiger partial charge in [0.25, 0.3) is 0 Å². The second-order valence-corrected chi connectivity index (χ2v) is 6.22. The maximum atomic E-state index is 11.4. The highest BCUT2D eigenvalue weighted by Crippen LogP contribution is 2.41. The molecule has 1 fully saturated rings. The van der Waals surface area contributed by atoms with Crippen molar-refractivity contribution in [2.45, 2.75) is 59.3 Å². The largest absolute Gasteiger partial charge is 0.294 e. The molecule has 0 aromatic carbocycles. The first-order valence-electron chi connectivity index (χ1n) is 6.73. The van der Waals surface area contributed by atoms with Gasteiger partial charge in [-0.3, -0.25) is 4.79 Å². The van der Waals surface area contributed by atoms with Crippen LogP contribution in [0.15, 0.2) is 6.20 Å². The Morgan fingerprint density at radius 2 is 1.94 bits per heavy atom. The van der Waals surface area contributed by atoms with Crippen molar-refractivity contribution in [3.8, 4) is 0 Å². The smallest absolute Gasteiger partial charge is 0.163 e. The van der Waals surface area contributed by atoms with Crippen LogP contribution in [0, 0.1) is 12.3 Å². The van der Waals surface area contributed by atoms with Crippen LogP contribution in [0.25, 0.3) is 0 Å². The van der Waals surface area contributed by atoms with Crippen LogP contribution in [-0.2, 0) is 0 Å². The van der Waals surface area contributed by atoms with E-state index in [0.717, 1.165) is 24.4 Å². The predicted octanol–water partition coefficient (Wildman–Crippen LogP) is 3.67. The van der Waals surface area contributed by atoms with Crippen LogP contribution in [0.2, 0.25) is 0 Å². The molecule has 1 aliphatic carbocycles. The summed E-state index contributed by atoms with van der Waals surface area (Å²) in [6, 6.07) is 0. The summed E-state index contributed by atoms with van der Waals surface area (Å²) in [6.07, 6.45) is 6.47. The van der Waals surface area contributed by atoms with E-state index in [1.165, 1.54) is 12.8 Å². The number of nitrogens with zero attached hydrogens (tertiary/aromatic N) is 2. The Balaban J connectivity index is 2.16. The number of hydrogen-bond donors (Lipinski definition) is 0. The fraction of sp³-hybridized carbons (Fsp3) is 0.667. The number of carbonyl (C=O) groups excluding carboxylic acids is 1. The summed E-state index contributed by atoms with van der Waals surface area (Å²) in [5.41, 5.74) is 1.93. The number of aryl methyl sites for hydroxylation is 1. The fourth-order valence-corrected chi connectivity index (χ4v) is 2.68. The first kappa shape index (κ1) is 13.2. The molecular formula is C15H22N2O. The molecule has 0 unspecified atom stereocenters. The summed E-state index contributed by atoms with van der Waals surface area (Å²) in [6.45, 7) is 8.12. The van der Waals surface area contributed by atoms with Crippen molar-refractivity contribution >= 4 is 5.78 Å². The standard InChI is InChI=1S/C15H22N2O/c1-10-13(11(2)18)9-16-14(17-10)12-5-7-15(3,4)8-6-12/h9,12H,5-8H2,1-4H3. The third-order valence-electron chi connectivity index (χ3n) is 4.08. The highest BCUT2D eigenvalue weighted by atomic mass is 16.1. The highest BCUT2D eigenvalue weighted by molar-refractivity contribution is 5.94. The van der Waals surface area contributed by atoms with Crippen LogP contribution >= 0.6 is 0 Å². The van der Waals surface area contributed by atoms with Gasteiger partial charge in [-0.15, -0.1) is 0 Å². The van der Waals surface area contributed by atoms with E-state index in [2.05, 4.69) is 23.8 Å². The Morgan fingerprint density at radius 1 is 1.33 bits per heavy atom. The topological polar surface area (TPSA) is 42.9 Å². The molecule has 1 heterocycles. The lowest BCUT2D eigenvalue weighted by molar-refractivity contribution is 0.101. The molecule has 0 bridgehead atoms. The molecule has 3 heteroatoms. The number of Topliss-reactive ketones (excluding diaryl/α,β-unsaturated/α-hetero) is 1. The summed E-state index contributed by atoms with van der Waals surface area (Å²) in [5.74, 6) is 1.44. The van der Waals surface area contributed by atoms with Crippen molar-refractivity contribution in [2.24, 2.45) is 5.41 Å². The zero-order chi connectivity index (χ0) is 13.3. The summed E-state index contributed by atoms with van der Waals surface area (Å²) < 4.78 is 0. The number of hydrogen-bond acceptors (Lipinski definition) is 3. The number of aromatic nitrogens is 2. The van der Waals surface area contributed by atoms with Gasteiger partial charge >= 0.3 is 0 Å². The average molecular weight is 246 g/mol. The Bertz CT molecular complexity index is 456. The summed E-state index contributed by atoms with van der Waals surface area (Å²) in [7, 11) is 0. The first-order valence-corrected chi connectivity index (χ1v) is 6.73. The highest BCUT2D eigenvalue weighted by Gasteiger charge is 2.29. The van der Waals surface area contributed by atoms with Gasteiger partial charge < -0.3 is 0 Å². The predicted molar refractivity (Wildman–Crippen MR) is 71.8 cm³/mol. The Hall–Kier alpha value is -1.25. The SMILES string of the molecule is CC(=O)c1cnc(C2CCC(C)(C)CC2)nc1C. The van der Waals surface area contributed by atoms with Crippen LogP contribution in [0.4, 0.5) is 0 Å². The Kier molecular flexibility index (Phi) is 3.51. The summed E-state index contributed by atoms with van der Waals surface area (Å²) >= 11 is 0. The third kappa shape index (κ3) is 2.77. The van der Waals surface area contributed by atoms with Crippen LogP contribution < -0.4 is 0 Å². The van der Waals surface area contributed by atoms with Crippen LogP contribution in [0.3, 0.4) is 0 Å². The third-order valence-corrected chi connectivity index (χ3v) is 4.08. The molecule has 1 aliphatic rings. The Morgan fingerprint density at radius 3 is 2.44 bits per heavy atom. The lowest BCUT2D eigenvalue weighted by Crippen LogP contribution is -2.21. The monoisotopic (exact) mass is 246 g/mol. The van der Waals surface area contributed by atoms with E-state index in [-0.39, 0.29) is 5.78 Å². The molecule has 1 saturated carbocycles. The van der Waals surface area contributed by atoms with E-state index in [0.29, 0.717) is 16.9 Å². The maximum Gasteiger partial charge on any atom is 0.163 e. The zero-order valence-electron chi connectivity index (χ0n) is 11.8. The zero-order valence-corrected chi connectivity index (χ0v) is 11.8. The van der Waals surface area contributed by atoms with Gasteiger partial charge in [-0.05, 0) is 44.9 Å². The normalized spacial score (nSPS) is 19.8. The molecule has 0 radical (unpaired) electrons. The molecule has 3 nitrogen and oxygen atoms in total. The van der Waals surface area contributed by atoms with Gasteiger partial charge in [-0.1, -0.05) is 13.8 Å².